The minimum atomic E-state index is -3.68. The fraction of sp³-hybridized carbons (Fsp3) is 0.125. The van der Waals surface area contributed by atoms with Gasteiger partial charge in [-0.2, -0.15) is 0 Å². The van der Waals surface area contributed by atoms with Crippen LogP contribution in [0.25, 0.3) is 10.9 Å². The normalized spacial score (nSPS) is 11.5. The smallest absolute Gasteiger partial charge is 0.244 e. The maximum absolute atomic E-state index is 13.2. The molecule has 0 radical (unpaired) electrons. The number of rotatable bonds is 7. The van der Waals surface area contributed by atoms with Gasteiger partial charge >= 0.3 is 0 Å². The third-order valence-electron chi connectivity index (χ3n) is 5.11. The Kier molecular flexibility index (Phi) is 6.65. The molecular weight excluding hydrogens is 483 g/mol. The molecule has 0 aliphatic rings. The Morgan fingerprint density at radius 2 is 1.70 bits per heavy atom. The van der Waals surface area contributed by atoms with Crippen LogP contribution in [0, 0.1) is 0 Å². The van der Waals surface area contributed by atoms with E-state index in [1.807, 2.05) is 0 Å². The molecule has 0 saturated carbocycles. The van der Waals surface area contributed by atoms with Gasteiger partial charge in [0.1, 0.15) is 12.3 Å². The molecule has 6 nitrogen and oxygen atoms in total. The second kappa shape index (κ2) is 9.47. The summed E-state index contributed by atoms with van der Waals surface area (Å²) in [5.74, 6) is -0.0568. The summed E-state index contributed by atoms with van der Waals surface area (Å²) in [5.41, 5.74) is 1.70. The molecule has 0 atom stereocenters. The Morgan fingerprint density at radius 1 is 1.00 bits per heavy atom. The number of para-hydroxylation sites is 1. The van der Waals surface area contributed by atoms with Gasteiger partial charge < -0.3 is 14.6 Å². The first-order valence-electron chi connectivity index (χ1n) is 9.95. The molecule has 1 N–H and O–H groups in total. The number of carbonyl (C=O) groups is 1. The van der Waals surface area contributed by atoms with Crippen LogP contribution >= 0.6 is 23.2 Å². The van der Waals surface area contributed by atoms with Crippen LogP contribution in [0.5, 0.6) is 5.75 Å². The first kappa shape index (κ1) is 23.2. The number of hydrogen-bond acceptors (Lipinski definition) is 4. The summed E-state index contributed by atoms with van der Waals surface area (Å²) >= 11 is 11.9. The minimum Gasteiger partial charge on any atom is -0.495 e. The highest BCUT2D eigenvalue weighted by atomic mass is 35.5. The number of benzene rings is 3. The predicted octanol–water partition coefficient (Wildman–Crippen LogP) is 5.57. The quantitative estimate of drug-likeness (QED) is 0.358. The van der Waals surface area contributed by atoms with Gasteiger partial charge in [-0.05, 0) is 42.0 Å². The molecular formula is C24H20Cl2N2O4S. The van der Waals surface area contributed by atoms with E-state index in [0.717, 1.165) is 0 Å². The molecule has 0 unspecified atom stereocenters. The van der Waals surface area contributed by atoms with Crippen molar-refractivity contribution in [3.8, 4) is 5.75 Å². The molecule has 0 bridgehead atoms. The van der Waals surface area contributed by atoms with E-state index in [1.165, 1.54) is 13.3 Å². The zero-order valence-electron chi connectivity index (χ0n) is 17.6. The molecule has 1 aromatic heterocycles. The average Bonchev–Trinajstić information content (AvgIpc) is 3.15. The number of hydrogen-bond donors (Lipinski definition) is 1. The van der Waals surface area contributed by atoms with Crippen molar-refractivity contribution < 1.29 is 17.9 Å². The van der Waals surface area contributed by atoms with E-state index in [9.17, 15) is 13.2 Å². The number of aromatic nitrogens is 1. The van der Waals surface area contributed by atoms with Gasteiger partial charge in [0.25, 0.3) is 0 Å². The number of nitrogens with one attached hydrogen (secondary N) is 1. The van der Waals surface area contributed by atoms with Crippen LogP contribution in [0.2, 0.25) is 10.0 Å². The Labute approximate surface area is 201 Å². The largest absolute Gasteiger partial charge is 0.495 e. The summed E-state index contributed by atoms with van der Waals surface area (Å²) in [6, 6.07) is 18.7. The first-order chi connectivity index (χ1) is 15.8. The predicted molar refractivity (Wildman–Crippen MR) is 131 cm³/mol. The van der Waals surface area contributed by atoms with Gasteiger partial charge in [0.15, 0.2) is 9.84 Å². The molecule has 0 spiro atoms. The Bertz CT molecular complexity index is 1430. The third-order valence-corrected chi connectivity index (χ3v) is 7.30. The minimum absolute atomic E-state index is 0.0906. The second-order valence-electron chi connectivity index (χ2n) is 7.42. The van der Waals surface area contributed by atoms with E-state index in [0.29, 0.717) is 37.9 Å². The number of sulfone groups is 1. The van der Waals surface area contributed by atoms with E-state index in [1.54, 1.807) is 71.3 Å². The molecule has 3 aromatic carbocycles. The van der Waals surface area contributed by atoms with Gasteiger partial charge in [-0.15, -0.1) is 0 Å². The summed E-state index contributed by atoms with van der Waals surface area (Å²) in [7, 11) is -2.18. The van der Waals surface area contributed by atoms with E-state index in [4.69, 9.17) is 27.9 Å². The standard InChI is InChI=1S/C24H20Cl2N2O4S/c1-32-22-11-10-18(26)12-20(22)27-24(29)14-28-13-23(19-4-2-3-5-21(19)28)33(30,31)15-16-6-8-17(25)9-7-16/h2-13H,14-15H2,1H3,(H,27,29). The van der Waals surface area contributed by atoms with Crippen LogP contribution in [-0.4, -0.2) is 26.0 Å². The highest BCUT2D eigenvalue weighted by Gasteiger charge is 2.22. The number of methoxy groups -OCH3 is 1. The molecule has 0 aliphatic heterocycles. The van der Waals surface area contributed by atoms with Crippen molar-refractivity contribution in [1.29, 1.82) is 0 Å². The molecule has 0 fully saturated rings. The molecule has 9 heteroatoms. The fourth-order valence-corrected chi connectivity index (χ4v) is 5.47. The van der Waals surface area contributed by atoms with Crippen LogP contribution < -0.4 is 10.1 Å². The van der Waals surface area contributed by atoms with Crippen molar-refractivity contribution in [1.82, 2.24) is 4.57 Å². The topological polar surface area (TPSA) is 77.4 Å². The summed E-state index contributed by atoms with van der Waals surface area (Å²) in [5, 5.41) is 4.32. The van der Waals surface area contributed by atoms with E-state index >= 15 is 0 Å². The van der Waals surface area contributed by atoms with Gasteiger partial charge in [0.05, 0.1) is 23.4 Å². The van der Waals surface area contributed by atoms with Crippen molar-refractivity contribution in [2.75, 3.05) is 12.4 Å². The lowest BCUT2D eigenvalue weighted by atomic mass is 10.2. The lowest BCUT2D eigenvalue weighted by molar-refractivity contribution is -0.116. The van der Waals surface area contributed by atoms with E-state index in [2.05, 4.69) is 5.32 Å². The van der Waals surface area contributed by atoms with Crippen LogP contribution in [0.4, 0.5) is 5.69 Å². The van der Waals surface area contributed by atoms with Gasteiger partial charge in [-0.1, -0.05) is 53.5 Å². The first-order valence-corrected chi connectivity index (χ1v) is 12.4. The van der Waals surface area contributed by atoms with Crippen molar-refractivity contribution in [2.45, 2.75) is 17.2 Å². The molecule has 4 aromatic rings. The highest BCUT2D eigenvalue weighted by molar-refractivity contribution is 7.90. The van der Waals surface area contributed by atoms with Crippen molar-refractivity contribution in [3.63, 3.8) is 0 Å². The summed E-state index contributed by atoms with van der Waals surface area (Å²) < 4.78 is 33.4. The summed E-state index contributed by atoms with van der Waals surface area (Å²) in [4.78, 5) is 13.0. The second-order valence-corrected chi connectivity index (χ2v) is 10.2. The Morgan fingerprint density at radius 3 is 2.42 bits per heavy atom. The monoisotopic (exact) mass is 502 g/mol. The number of amides is 1. The molecule has 33 heavy (non-hydrogen) atoms. The Hall–Kier alpha value is -3.00. The van der Waals surface area contributed by atoms with E-state index < -0.39 is 9.84 Å². The average molecular weight is 503 g/mol. The van der Waals surface area contributed by atoms with Crippen LogP contribution in [-0.2, 0) is 26.9 Å². The van der Waals surface area contributed by atoms with Crippen molar-refractivity contribution >= 4 is 55.5 Å². The third kappa shape index (κ3) is 5.16. The lowest BCUT2D eigenvalue weighted by Gasteiger charge is -2.11. The molecule has 1 amide bonds. The van der Waals surface area contributed by atoms with Crippen LogP contribution in [0.3, 0.4) is 0 Å². The summed E-state index contributed by atoms with van der Waals surface area (Å²) in [6.07, 6.45) is 1.50. The van der Waals surface area contributed by atoms with E-state index in [-0.39, 0.29) is 23.1 Å². The molecule has 0 saturated heterocycles. The Balaban J connectivity index is 1.64. The lowest BCUT2D eigenvalue weighted by Crippen LogP contribution is -2.18. The van der Waals surface area contributed by atoms with Crippen LogP contribution in [0.15, 0.2) is 77.8 Å². The maximum atomic E-state index is 13.2. The number of halogens is 2. The van der Waals surface area contributed by atoms with Gasteiger partial charge in [-0.3, -0.25) is 4.79 Å². The van der Waals surface area contributed by atoms with Gasteiger partial charge in [0, 0.05) is 27.1 Å². The number of anilines is 1. The highest BCUT2D eigenvalue weighted by Crippen LogP contribution is 2.30. The zero-order chi connectivity index (χ0) is 23.6. The zero-order valence-corrected chi connectivity index (χ0v) is 19.9. The molecule has 4 rings (SSSR count). The molecule has 0 aliphatic carbocycles. The van der Waals surface area contributed by atoms with Gasteiger partial charge in [0.2, 0.25) is 5.91 Å². The summed E-state index contributed by atoms with van der Waals surface area (Å²) in [6.45, 7) is -0.0906. The number of ether oxygens (including phenoxy) is 1. The number of nitrogens with zero attached hydrogens (tertiary/aromatic N) is 1. The SMILES string of the molecule is COc1ccc(Cl)cc1NC(=O)Cn1cc(S(=O)(=O)Cc2ccc(Cl)cc2)c2ccccc21. The molecule has 170 valence electrons. The van der Waals surface area contributed by atoms with Crippen molar-refractivity contribution in [3.05, 3.63) is 88.5 Å². The number of carbonyl (C=O) groups excluding carboxylic acids is 1. The number of fused-ring (bicyclic) bond motifs is 1. The van der Waals surface area contributed by atoms with Crippen molar-refractivity contribution in [2.24, 2.45) is 0 Å². The molecule has 1 heterocycles. The van der Waals surface area contributed by atoms with Gasteiger partial charge in [-0.25, -0.2) is 8.42 Å². The fourth-order valence-electron chi connectivity index (χ4n) is 3.59. The maximum Gasteiger partial charge on any atom is 0.244 e. The van der Waals surface area contributed by atoms with Crippen LogP contribution in [0.1, 0.15) is 5.56 Å².